The fourth-order valence-corrected chi connectivity index (χ4v) is 3.00. The van der Waals surface area contributed by atoms with Crippen LogP contribution in [0.15, 0.2) is 36.9 Å². The average Bonchev–Trinajstić information content (AvgIpc) is 3.00. The number of piperidine rings is 1. The van der Waals surface area contributed by atoms with Crippen LogP contribution in [-0.2, 0) is 11.8 Å². The number of benzene rings is 1. The highest BCUT2D eigenvalue weighted by molar-refractivity contribution is 5.99. The van der Waals surface area contributed by atoms with Crippen molar-refractivity contribution < 1.29 is 9.59 Å². The molecule has 2 aromatic rings. The quantitative estimate of drug-likeness (QED) is 0.810. The smallest absolute Gasteiger partial charge is 0.253 e. The van der Waals surface area contributed by atoms with E-state index in [1.165, 1.54) is 6.08 Å². The fourth-order valence-electron chi connectivity index (χ4n) is 3.00. The van der Waals surface area contributed by atoms with Crippen molar-refractivity contribution in [1.82, 2.24) is 19.7 Å². The molecule has 0 radical (unpaired) electrons. The number of nitrogens with two attached hydrogens (primary N) is 1. The number of anilines is 2. The SMILES string of the molecule is C=CC(=O)Nc1ccc(C(=O)N2CCC(c3nc(N)n(C)n3)CC2)cc1. The Morgan fingerprint density at radius 3 is 2.46 bits per heavy atom. The molecule has 1 aromatic heterocycles. The fraction of sp³-hybridized carbons (Fsp3) is 0.333. The molecule has 1 saturated heterocycles. The predicted molar refractivity (Wildman–Crippen MR) is 98.6 cm³/mol. The van der Waals surface area contributed by atoms with Gasteiger partial charge < -0.3 is 16.0 Å². The zero-order chi connectivity index (χ0) is 18.7. The molecule has 0 spiro atoms. The van der Waals surface area contributed by atoms with E-state index in [0.29, 0.717) is 30.3 Å². The third kappa shape index (κ3) is 3.74. The minimum absolute atomic E-state index is 0.0152. The molecule has 1 fully saturated rings. The van der Waals surface area contributed by atoms with Crippen LogP contribution < -0.4 is 11.1 Å². The van der Waals surface area contributed by atoms with Crippen molar-refractivity contribution in [3.8, 4) is 0 Å². The number of nitrogens with zero attached hydrogens (tertiary/aromatic N) is 4. The lowest BCUT2D eigenvalue weighted by molar-refractivity contribution is -0.111. The summed E-state index contributed by atoms with van der Waals surface area (Å²) in [5.41, 5.74) is 6.97. The standard InChI is InChI=1S/C18H22N6O2/c1-3-15(25)20-14-6-4-13(5-7-14)17(26)24-10-8-12(9-11-24)16-21-18(19)23(2)22-16/h3-7,12H,1,8-11H2,2H3,(H,20,25)(H2,19,21,22). The molecule has 3 rings (SSSR count). The summed E-state index contributed by atoms with van der Waals surface area (Å²) in [7, 11) is 1.77. The first-order valence-electron chi connectivity index (χ1n) is 8.47. The number of nitrogens with one attached hydrogen (secondary N) is 1. The maximum Gasteiger partial charge on any atom is 0.253 e. The van der Waals surface area contributed by atoms with Gasteiger partial charge in [-0.3, -0.25) is 9.59 Å². The first kappa shape index (κ1) is 17.7. The molecule has 8 nitrogen and oxygen atoms in total. The molecular formula is C18H22N6O2. The highest BCUT2D eigenvalue weighted by Gasteiger charge is 2.27. The Hall–Kier alpha value is -3.16. The number of aromatic nitrogens is 3. The Kier molecular flexibility index (Phi) is 5.01. The normalized spacial score (nSPS) is 14.9. The number of nitrogen functional groups attached to an aromatic ring is 1. The summed E-state index contributed by atoms with van der Waals surface area (Å²) in [4.78, 5) is 30.1. The Bertz CT molecular complexity index is 799. The zero-order valence-corrected chi connectivity index (χ0v) is 14.7. The van der Waals surface area contributed by atoms with Crippen LogP contribution in [-0.4, -0.2) is 44.6 Å². The Balaban J connectivity index is 1.59. The lowest BCUT2D eigenvalue weighted by Gasteiger charge is -2.30. The summed E-state index contributed by atoms with van der Waals surface area (Å²) in [5, 5.41) is 7.00. The predicted octanol–water partition coefficient (Wildman–Crippen LogP) is 1.54. The molecule has 0 unspecified atom stereocenters. The van der Waals surface area contributed by atoms with Crippen LogP contribution in [0.3, 0.4) is 0 Å². The first-order valence-corrected chi connectivity index (χ1v) is 8.47. The number of hydrogen-bond donors (Lipinski definition) is 2. The van der Waals surface area contributed by atoms with E-state index in [9.17, 15) is 9.59 Å². The van der Waals surface area contributed by atoms with Gasteiger partial charge in [-0.25, -0.2) is 4.68 Å². The Morgan fingerprint density at radius 2 is 1.92 bits per heavy atom. The molecule has 2 amide bonds. The number of carbonyl (C=O) groups is 2. The van der Waals surface area contributed by atoms with Crippen LogP contribution in [0.1, 0.15) is 34.9 Å². The molecule has 0 bridgehead atoms. The molecular weight excluding hydrogens is 332 g/mol. The van der Waals surface area contributed by atoms with E-state index in [-0.39, 0.29) is 17.7 Å². The summed E-state index contributed by atoms with van der Waals surface area (Å²) in [6.07, 6.45) is 2.82. The molecule has 2 heterocycles. The molecule has 1 aliphatic heterocycles. The Morgan fingerprint density at radius 1 is 1.27 bits per heavy atom. The van der Waals surface area contributed by atoms with Gasteiger partial charge in [-0.2, -0.15) is 10.1 Å². The summed E-state index contributed by atoms with van der Waals surface area (Å²) in [6, 6.07) is 6.85. The van der Waals surface area contributed by atoms with E-state index in [1.807, 2.05) is 4.90 Å². The topological polar surface area (TPSA) is 106 Å². The molecule has 136 valence electrons. The van der Waals surface area contributed by atoms with Crippen molar-refractivity contribution in [3.63, 3.8) is 0 Å². The van der Waals surface area contributed by atoms with Crippen molar-refractivity contribution >= 4 is 23.5 Å². The van der Waals surface area contributed by atoms with E-state index >= 15 is 0 Å². The molecule has 1 aliphatic rings. The van der Waals surface area contributed by atoms with Gasteiger partial charge in [-0.05, 0) is 43.2 Å². The Labute approximate surface area is 151 Å². The molecule has 26 heavy (non-hydrogen) atoms. The van der Waals surface area contributed by atoms with Gasteiger partial charge in [0.2, 0.25) is 11.9 Å². The molecule has 0 atom stereocenters. The highest BCUT2D eigenvalue weighted by atomic mass is 16.2. The number of aryl methyl sites for hydroxylation is 1. The van der Waals surface area contributed by atoms with Crippen LogP contribution in [0.2, 0.25) is 0 Å². The third-order valence-electron chi connectivity index (χ3n) is 4.55. The van der Waals surface area contributed by atoms with Crippen LogP contribution in [0.4, 0.5) is 11.6 Å². The van der Waals surface area contributed by atoms with Crippen LogP contribution in [0.5, 0.6) is 0 Å². The molecule has 0 saturated carbocycles. The minimum Gasteiger partial charge on any atom is -0.368 e. The van der Waals surface area contributed by atoms with Crippen molar-refractivity contribution in [2.24, 2.45) is 7.05 Å². The summed E-state index contributed by atoms with van der Waals surface area (Å²) >= 11 is 0. The lowest BCUT2D eigenvalue weighted by atomic mass is 9.95. The van der Waals surface area contributed by atoms with Crippen LogP contribution in [0, 0.1) is 0 Å². The first-order chi connectivity index (χ1) is 12.5. The van der Waals surface area contributed by atoms with Gasteiger partial charge in [0.05, 0.1) is 0 Å². The van der Waals surface area contributed by atoms with Crippen molar-refractivity contribution in [1.29, 1.82) is 0 Å². The maximum absolute atomic E-state index is 12.7. The van der Waals surface area contributed by atoms with E-state index in [4.69, 9.17) is 5.73 Å². The van der Waals surface area contributed by atoms with Gasteiger partial charge in [0, 0.05) is 37.3 Å². The van der Waals surface area contributed by atoms with E-state index < -0.39 is 0 Å². The van der Waals surface area contributed by atoms with Crippen LogP contribution in [0.25, 0.3) is 0 Å². The van der Waals surface area contributed by atoms with E-state index in [2.05, 4.69) is 22.0 Å². The maximum atomic E-state index is 12.7. The summed E-state index contributed by atoms with van der Waals surface area (Å²) in [5.74, 6) is 1.08. The monoisotopic (exact) mass is 354 g/mol. The van der Waals surface area contributed by atoms with Gasteiger partial charge in [0.15, 0.2) is 5.82 Å². The summed E-state index contributed by atoms with van der Waals surface area (Å²) in [6.45, 7) is 4.71. The lowest BCUT2D eigenvalue weighted by Crippen LogP contribution is -2.38. The number of amides is 2. The van der Waals surface area contributed by atoms with Gasteiger partial charge in [-0.15, -0.1) is 0 Å². The van der Waals surface area contributed by atoms with Crippen molar-refractivity contribution in [2.75, 3.05) is 24.1 Å². The number of hydrogen-bond acceptors (Lipinski definition) is 5. The third-order valence-corrected chi connectivity index (χ3v) is 4.55. The number of rotatable bonds is 4. The van der Waals surface area contributed by atoms with E-state index in [0.717, 1.165) is 18.7 Å². The second-order valence-electron chi connectivity index (χ2n) is 6.29. The molecule has 3 N–H and O–H groups in total. The van der Waals surface area contributed by atoms with Gasteiger partial charge in [0.1, 0.15) is 0 Å². The minimum atomic E-state index is -0.282. The van der Waals surface area contributed by atoms with Gasteiger partial charge >= 0.3 is 0 Å². The van der Waals surface area contributed by atoms with Gasteiger partial charge in [0.25, 0.3) is 5.91 Å². The largest absolute Gasteiger partial charge is 0.368 e. The van der Waals surface area contributed by atoms with Crippen LogP contribution >= 0.6 is 0 Å². The number of likely N-dealkylation sites (tertiary alicyclic amines) is 1. The van der Waals surface area contributed by atoms with Crippen molar-refractivity contribution in [3.05, 3.63) is 48.3 Å². The highest BCUT2D eigenvalue weighted by Crippen LogP contribution is 2.27. The second-order valence-corrected chi connectivity index (χ2v) is 6.29. The molecule has 1 aromatic carbocycles. The van der Waals surface area contributed by atoms with Gasteiger partial charge in [-0.1, -0.05) is 6.58 Å². The second kappa shape index (κ2) is 7.38. The zero-order valence-electron chi connectivity index (χ0n) is 14.7. The van der Waals surface area contributed by atoms with Crippen molar-refractivity contribution in [2.45, 2.75) is 18.8 Å². The molecule has 0 aliphatic carbocycles. The average molecular weight is 354 g/mol. The summed E-state index contributed by atoms with van der Waals surface area (Å²) < 4.78 is 1.57. The molecule has 8 heteroatoms. The number of carbonyl (C=O) groups excluding carboxylic acids is 2. The van der Waals surface area contributed by atoms with E-state index in [1.54, 1.807) is 36.0 Å².